The fourth-order valence-corrected chi connectivity index (χ4v) is 2.58. The Hall–Kier alpha value is -2.99. The van der Waals surface area contributed by atoms with Crippen LogP contribution in [-0.2, 0) is 6.61 Å². The van der Waals surface area contributed by atoms with Gasteiger partial charge in [-0.1, -0.05) is 12.1 Å². The van der Waals surface area contributed by atoms with Gasteiger partial charge < -0.3 is 5.11 Å². The van der Waals surface area contributed by atoms with Crippen molar-refractivity contribution in [2.45, 2.75) is 6.61 Å². The van der Waals surface area contributed by atoms with Crippen LogP contribution in [0.4, 0.5) is 0 Å². The van der Waals surface area contributed by atoms with Gasteiger partial charge in [-0.15, -0.1) is 0 Å². The van der Waals surface area contributed by atoms with Crippen LogP contribution in [0.15, 0.2) is 53.7 Å². The molecule has 22 heavy (non-hydrogen) atoms. The number of fused-ring (bicyclic) bond motifs is 3. The molecule has 108 valence electrons. The highest BCUT2D eigenvalue weighted by atomic mass is 16.3. The first-order chi connectivity index (χ1) is 10.8. The molecule has 0 bridgehead atoms. The molecule has 0 saturated carbocycles. The van der Waals surface area contributed by atoms with Crippen LogP contribution in [0.1, 0.15) is 5.56 Å². The Kier molecular flexibility index (Phi) is 2.77. The van der Waals surface area contributed by atoms with E-state index < -0.39 is 0 Å². The molecule has 1 aromatic carbocycles. The van der Waals surface area contributed by atoms with Crippen molar-refractivity contribution >= 4 is 21.8 Å². The normalized spacial score (nSPS) is 11.3. The highest BCUT2D eigenvalue weighted by Crippen LogP contribution is 2.22. The third-order valence-corrected chi connectivity index (χ3v) is 3.69. The summed E-state index contributed by atoms with van der Waals surface area (Å²) in [5.41, 5.74) is 2.83. The first-order valence-corrected chi connectivity index (χ1v) is 6.81. The molecule has 0 atom stereocenters. The minimum atomic E-state index is -0.151. The Labute approximate surface area is 124 Å². The van der Waals surface area contributed by atoms with E-state index in [1.54, 1.807) is 30.7 Å². The second kappa shape index (κ2) is 4.78. The van der Waals surface area contributed by atoms with Crippen molar-refractivity contribution in [2.24, 2.45) is 0 Å². The minimum absolute atomic E-state index is 0.0375. The minimum Gasteiger partial charge on any atom is -0.392 e. The quantitative estimate of drug-likeness (QED) is 0.589. The summed E-state index contributed by atoms with van der Waals surface area (Å²) in [5, 5.41) is 13.7. The van der Waals surface area contributed by atoms with Crippen LogP contribution in [0, 0.1) is 0 Å². The van der Waals surface area contributed by atoms with Gasteiger partial charge in [0.05, 0.1) is 28.7 Å². The average Bonchev–Trinajstić information content (AvgIpc) is 2.92. The van der Waals surface area contributed by atoms with Gasteiger partial charge in [-0.2, -0.15) is 0 Å². The van der Waals surface area contributed by atoms with Crippen LogP contribution in [0.2, 0.25) is 0 Å². The number of aliphatic hydroxyl groups is 1. The largest absolute Gasteiger partial charge is 0.392 e. The fourth-order valence-electron chi connectivity index (χ4n) is 2.58. The molecule has 0 aliphatic rings. The van der Waals surface area contributed by atoms with Gasteiger partial charge in [-0.3, -0.25) is 19.9 Å². The van der Waals surface area contributed by atoms with Gasteiger partial charge in [-0.25, -0.2) is 4.68 Å². The summed E-state index contributed by atoms with van der Waals surface area (Å²) in [6.45, 7) is -0.0375. The number of nitrogens with zero attached hydrogens (tertiary/aromatic N) is 3. The molecule has 0 fully saturated rings. The number of pyridine rings is 2. The molecule has 2 N–H and O–H groups in total. The molecular formula is C16H12N4O2. The first-order valence-electron chi connectivity index (χ1n) is 6.81. The number of hydrogen-bond acceptors (Lipinski definition) is 4. The lowest BCUT2D eigenvalue weighted by atomic mass is 10.1. The summed E-state index contributed by atoms with van der Waals surface area (Å²) >= 11 is 0. The summed E-state index contributed by atoms with van der Waals surface area (Å²) in [4.78, 5) is 20.8. The van der Waals surface area contributed by atoms with Crippen molar-refractivity contribution in [1.82, 2.24) is 19.7 Å². The van der Waals surface area contributed by atoms with Gasteiger partial charge >= 0.3 is 0 Å². The molecule has 3 heterocycles. The number of hydrogen-bond donors (Lipinski definition) is 2. The highest BCUT2D eigenvalue weighted by Gasteiger charge is 2.12. The number of H-pyrrole nitrogens is 1. The maximum absolute atomic E-state index is 12.5. The van der Waals surface area contributed by atoms with E-state index in [1.165, 1.54) is 4.68 Å². The molecule has 0 saturated heterocycles. The van der Waals surface area contributed by atoms with E-state index in [9.17, 15) is 9.90 Å². The van der Waals surface area contributed by atoms with Crippen molar-refractivity contribution < 1.29 is 5.11 Å². The molecule has 4 aromatic rings. The van der Waals surface area contributed by atoms with E-state index in [0.717, 1.165) is 27.7 Å². The van der Waals surface area contributed by atoms with Crippen molar-refractivity contribution in [3.8, 4) is 5.69 Å². The second-order valence-corrected chi connectivity index (χ2v) is 5.01. The van der Waals surface area contributed by atoms with Gasteiger partial charge in [0.15, 0.2) is 0 Å². The van der Waals surface area contributed by atoms with E-state index >= 15 is 0 Å². The van der Waals surface area contributed by atoms with Gasteiger partial charge in [-0.05, 0) is 23.8 Å². The Balaban J connectivity index is 2.05. The molecule has 6 heteroatoms. The van der Waals surface area contributed by atoms with Crippen LogP contribution in [0.3, 0.4) is 0 Å². The SMILES string of the molecule is O=c1c2cnc3cc(CO)ccc3c2[nH]n1-c1ccncc1. The number of benzene rings is 1. The predicted molar refractivity (Wildman–Crippen MR) is 82.9 cm³/mol. The molecule has 0 aliphatic heterocycles. The van der Waals surface area contributed by atoms with Crippen molar-refractivity contribution in [1.29, 1.82) is 0 Å². The van der Waals surface area contributed by atoms with E-state index in [1.807, 2.05) is 18.2 Å². The van der Waals surface area contributed by atoms with E-state index in [4.69, 9.17) is 0 Å². The summed E-state index contributed by atoms with van der Waals surface area (Å²) in [6, 6.07) is 9.03. The molecule has 0 aliphatic carbocycles. The summed E-state index contributed by atoms with van der Waals surface area (Å²) in [7, 11) is 0. The zero-order chi connectivity index (χ0) is 15.1. The Bertz CT molecular complexity index is 1030. The molecule has 0 unspecified atom stereocenters. The van der Waals surface area contributed by atoms with Crippen LogP contribution >= 0.6 is 0 Å². The second-order valence-electron chi connectivity index (χ2n) is 5.01. The molecule has 0 amide bonds. The average molecular weight is 292 g/mol. The zero-order valence-corrected chi connectivity index (χ0v) is 11.5. The molecular weight excluding hydrogens is 280 g/mol. The molecule has 6 nitrogen and oxygen atoms in total. The van der Waals surface area contributed by atoms with Crippen molar-refractivity contribution in [3.05, 3.63) is 64.8 Å². The van der Waals surface area contributed by atoms with Crippen molar-refractivity contribution in [3.63, 3.8) is 0 Å². The topological polar surface area (TPSA) is 83.8 Å². The lowest BCUT2D eigenvalue weighted by molar-refractivity contribution is 0.282. The predicted octanol–water partition coefficient (Wildman–Crippen LogP) is 1.75. The van der Waals surface area contributed by atoms with Crippen LogP contribution in [0.5, 0.6) is 0 Å². The van der Waals surface area contributed by atoms with Crippen LogP contribution < -0.4 is 5.56 Å². The Morgan fingerprint density at radius 2 is 1.95 bits per heavy atom. The monoisotopic (exact) mass is 292 g/mol. The molecule has 4 rings (SSSR count). The van der Waals surface area contributed by atoms with E-state index in [-0.39, 0.29) is 12.2 Å². The molecule has 0 radical (unpaired) electrons. The number of rotatable bonds is 2. The maximum atomic E-state index is 12.5. The number of aliphatic hydroxyl groups excluding tert-OH is 1. The Morgan fingerprint density at radius 3 is 2.73 bits per heavy atom. The third-order valence-electron chi connectivity index (χ3n) is 3.69. The smallest absolute Gasteiger partial charge is 0.280 e. The van der Waals surface area contributed by atoms with Gasteiger partial charge in [0.2, 0.25) is 0 Å². The summed E-state index contributed by atoms with van der Waals surface area (Å²) in [6.07, 6.45) is 4.84. The van der Waals surface area contributed by atoms with Gasteiger partial charge in [0.1, 0.15) is 0 Å². The van der Waals surface area contributed by atoms with Gasteiger partial charge in [0.25, 0.3) is 5.56 Å². The fraction of sp³-hybridized carbons (Fsp3) is 0.0625. The van der Waals surface area contributed by atoms with Crippen molar-refractivity contribution in [2.75, 3.05) is 0 Å². The number of nitrogens with one attached hydrogen (secondary N) is 1. The van der Waals surface area contributed by atoms with Gasteiger partial charge in [0, 0.05) is 24.0 Å². The maximum Gasteiger partial charge on any atom is 0.280 e. The first kappa shape index (κ1) is 12.7. The van der Waals surface area contributed by atoms with E-state index in [0.29, 0.717) is 5.39 Å². The molecule has 0 spiro atoms. The zero-order valence-electron chi connectivity index (χ0n) is 11.5. The van der Waals surface area contributed by atoms with E-state index in [2.05, 4.69) is 15.1 Å². The number of aromatic nitrogens is 4. The summed E-state index contributed by atoms with van der Waals surface area (Å²) < 4.78 is 1.48. The highest BCUT2D eigenvalue weighted by molar-refractivity contribution is 6.02. The third kappa shape index (κ3) is 1.82. The molecule has 3 aromatic heterocycles. The summed E-state index contributed by atoms with van der Waals surface area (Å²) in [5.74, 6) is 0. The van der Waals surface area contributed by atoms with Crippen LogP contribution in [-0.4, -0.2) is 24.9 Å². The standard InChI is InChI=1S/C16H12N4O2/c21-9-10-1-2-12-14(7-10)18-8-13-15(12)19-20(16(13)22)11-3-5-17-6-4-11/h1-8,19,21H,9H2. The van der Waals surface area contributed by atoms with Crippen LogP contribution in [0.25, 0.3) is 27.5 Å². The lowest BCUT2D eigenvalue weighted by Crippen LogP contribution is -2.14. The number of aromatic amines is 1. The lowest BCUT2D eigenvalue weighted by Gasteiger charge is -2.01. The Morgan fingerprint density at radius 1 is 1.14 bits per heavy atom.